The summed E-state index contributed by atoms with van der Waals surface area (Å²) in [6.45, 7) is 2.12. The summed E-state index contributed by atoms with van der Waals surface area (Å²) < 4.78 is 1.71. The molecule has 4 heteroatoms. The Morgan fingerprint density at radius 3 is 2.52 bits per heavy atom. The van der Waals surface area contributed by atoms with Crippen LogP contribution in [0.5, 0.6) is 0 Å². The van der Waals surface area contributed by atoms with Crippen molar-refractivity contribution in [2.75, 3.05) is 5.75 Å². The Hall–Kier alpha value is -2.07. The highest BCUT2D eigenvalue weighted by atomic mass is 32.2. The van der Waals surface area contributed by atoms with Crippen LogP contribution in [0.1, 0.15) is 13.3 Å². The Morgan fingerprint density at radius 1 is 1.05 bits per heavy atom. The van der Waals surface area contributed by atoms with E-state index in [1.54, 1.807) is 16.3 Å². The summed E-state index contributed by atoms with van der Waals surface area (Å²) in [6, 6.07) is 17.2. The fraction of sp³-hybridized carbons (Fsp3) is 0.176. The second-order valence-corrected chi connectivity index (χ2v) is 5.80. The van der Waals surface area contributed by atoms with E-state index in [1.165, 1.54) is 0 Å². The predicted octanol–water partition coefficient (Wildman–Crippen LogP) is 3.89. The van der Waals surface area contributed by atoms with Gasteiger partial charge in [-0.25, -0.2) is 4.98 Å². The summed E-state index contributed by atoms with van der Waals surface area (Å²) in [5.74, 6) is 0.942. The number of rotatable bonds is 4. The van der Waals surface area contributed by atoms with Crippen molar-refractivity contribution in [1.82, 2.24) is 9.55 Å². The van der Waals surface area contributed by atoms with Crippen LogP contribution in [0, 0.1) is 0 Å². The standard InChI is InChI=1S/C17H16N2OS/c1-2-12-21-17-18-15-11-7-6-10-14(15)16(20)19(17)13-8-4-3-5-9-13/h3-11H,2,12H2,1H3. The van der Waals surface area contributed by atoms with E-state index in [2.05, 4.69) is 11.9 Å². The third-order valence-electron chi connectivity index (χ3n) is 3.19. The van der Waals surface area contributed by atoms with Crippen LogP contribution in [0.15, 0.2) is 64.5 Å². The molecular formula is C17H16N2OS. The minimum atomic E-state index is -0.00889. The molecule has 0 saturated heterocycles. The Bertz CT molecular complexity index is 812. The van der Waals surface area contributed by atoms with Gasteiger partial charge >= 0.3 is 0 Å². The molecule has 0 radical (unpaired) electrons. The van der Waals surface area contributed by atoms with Crippen LogP contribution in [0.2, 0.25) is 0 Å². The average Bonchev–Trinajstić information content (AvgIpc) is 2.54. The fourth-order valence-corrected chi connectivity index (χ4v) is 3.07. The van der Waals surface area contributed by atoms with E-state index in [0.29, 0.717) is 5.39 Å². The number of fused-ring (bicyclic) bond motifs is 1. The van der Waals surface area contributed by atoms with Crippen molar-refractivity contribution < 1.29 is 0 Å². The Morgan fingerprint density at radius 2 is 1.76 bits per heavy atom. The van der Waals surface area contributed by atoms with Gasteiger partial charge in [-0.15, -0.1) is 0 Å². The first-order valence-electron chi connectivity index (χ1n) is 7.01. The van der Waals surface area contributed by atoms with E-state index in [1.807, 2.05) is 54.6 Å². The third kappa shape index (κ3) is 2.72. The van der Waals surface area contributed by atoms with E-state index >= 15 is 0 Å². The van der Waals surface area contributed by atoms with Crippen molar-refractivity contribution >= 4 is 22.7 Å². The molecule has 106 valence electrons. The molecule has 0 atom stereocenters. The van der Waals surface area contributed by atoms with Gasteiger partial charge in [0.2, 0.25) is 0 Å². The van der Waals surface area contributed by atoms with Crippen molar-refractivity contribution in [3.05, 3.63) is 65.0 Å². The fourth-order valence-electron chi connectivity index (χ4n) is 2.21. The highest BCUT2D eigenvalue weighted by molar-refractivity contribution is 7.99. The first kappa shape index (κ1) is 13.9. The van der Waals surface area contributed by atoms with Gasteiger partial charge in [0.05, 0.1) is 16.6 Å². The number of benzene rings is 2. The third-order valence-corrected chi connectivity index (χ3v) is 4.34. The molecule has 0 fully saturated rings. The summed E-state index contributed by atoms with van der Waals surface area (Å²) in [5, 5.41) is 1.41. The number of thioether (sulfide) groups is 1. The summed E-state index contributed by atoms with van der Waals surface area (Å²) in [7, 11) is 0. The van der Waals surface area contributed by atoms with Gasteiger partial charge < -0.3 is 0 Å². The van der Waals surface area contributed by atoms with Crippen molar-refractivity contribution in [3.8, 4) is 5.69 Å². The normalized spacial score (nSPS) is 10.9. The van der Waals surface area contributed by atoms with Gasteiger partial charge in [0.1, 0.15) is 0 Å². The lowest BCUT2D eigenvalue weighted by Crippen LogP contribution is -2.21. The van der Waals surface area contributed by atoms with Crippen LogP contribution in [0.4, 0.5) is 0 Å². The highest BCUT2D eigenvalue weighted by Crippen LogP contribution is 2.21. The lowest BCUT2D eigenvalue weighted by Gasteiger charge is -2.12. The first-order valence-corrected chi connectivity index (χ1v) is 8.00. The van der Waals surface area contributed by atoms with Crippen LogP contribution >= 0.6 is 11.8 Å². The van der Waals surface area contributed by atoms with Crippen LogP contribution < -0.4 is 5.56 Å². The molecule has 0 unspecified atom stereocenters. The topological polar surface area (TPSA) is 34.9 Å². The largest absolute Gasteiger partial charge is 0.268 e. The maximum absolute atomic E-state index is 12.8. The second-order valence-electron chi connectivity index (χ2n) is 4.74. The number of nitrogens with zero attached hydrogens (tertiary/aromatic N) is 2. The molecule has 2 aromatic carbocycles. The smallest absolute Gasteiger partial charge is 0.266 e. The van der Waals surface area contributed by atoms with E-state index in [-0.39, 0.29) is 5.56 Å². The van der Waals surface area contributed by atoms with Gasteiger partial charge in [0.15, 0.2) is 5.16 Å². The molecule has 3 aromatic rings. The quantitative estimate of drug-likeness (QED) is 0.541. The molecule has 0 aliphatic heterocycles. The molecule has 0 saturated carbocycles. The molecule has 3 rings (SSSR count). The number of para-hydroxylation sites is 2. The van der Waals surface area contributed by atoms with Gasteiger partial charge in [-0.05, 0) is 30.7 Å². The van der Waals surface area contributed by atoms with Crippen LogP contribution in [0.25, 0.3) is 16.6 Å². The van der Waals surface area contributed by atoms with Crippen LogP contribution in [-0.2, 0) is 0 Å². The molecule has 0 spiro atoms. The number of aromatic nitrogens is 2. The number of hydrogen-bond acceptors (Lipinski definition) is 3. The predicted molar refractivity (Wildman–Crippen MR) is 88.4 cm³/mol. The zero-order chi connectivity index (χ0) is 14.7. The van der Waals surface area contributed by atoms with E-state index in [4.69, 9.17) is 0 Å². The van der Waals surface area contributed by atoms with Crippen molar-refractivity contribution in [1.29, 1.82) is 0 Å². The van der Waals surface area contributed by atoms with Crippen molar-refractivity contribution in [3.63, 3.8) is 0 Å². The van der Waals surface area contributed by atoms with Gasteiger partial charge in [0.25, 0.3) is 5.56 Å². The molecule has 0 amide bonds. The Balaban J connectivity index is 2.29. The maximum atomic E-state index is 12.8. The monoisotopic (exact) mass is 296 g/mol. The molecule has 0 bridgehead atoms. The van der Waals surface area contributed by atoms with Crippen molar-refractivity contribution in [2.45, 2.75) is 18.5 Å². The van der Waals surface area contributed by atoms with Gasteiger partial charge in [-0.1, -0.05) is 49.0 Å². The van der Waals surface area contributed by atoms with Crippen LogP contribution in [-0.4, -0.2) is 15.3 Å². The van der Waals surface area contributed by atoms with E-state index in [9.17, 15) is 4.79 Å². The van der Waals surface area contributed by atoms with Gasteiger partial charge in [-0.2, -0.15) is 0 Å². The molecule has 21 heavy (non-hydrogen) atoms. The molecule has 0 aliphatic rings. The number of hydrogen-bond donors (Lipinski definition) is 0. The minimum absolute atomic E-state index is 0.00889. The summed E-state index contributed by atoms with van der Waals surface area (Å²) in [4.78, 5) is 17.5. The maximum Gasteiger partial charge on any atom is 0.266 e. The molecular weight excluding hydrogens is 280 g/mol. The summed E-state index contributed by atoms with van der Waals surface area (Å²) >= 11 is 1.62. The molecule has 1 aromatic heterocycles. The Labute approximate surface area is 127 Å². The second kappa shape index (κ2) is 6.14. The zero-order valence-electron chi connectivity index (χ0n) is 11.8. The molecule has 0 aliphatic carbocycles. The minimum Gasteiger partial charge on any atom is -0.268 e. The van der Waals surface area contributed by atoms with E-state index < -0.39 is 0 Å². The Kier molecular flexibility index (Phi) is 4.06. The van der Waals surface area contributed by atoms with Gasteiger partial charge in [0, 0.05) is 5.75 Å². The lowest BCUT2D eigenvalue weighted by atomic mass is 10.2. The average molecular weight is 296 g/mol. The summed E-state index contributed by atoms with van der Waals surface area (Å²) in [6.07, 6.45) is 1.04. The molecule has 0 N–H and O–H groups in total. The van der Waals surface area contributed by atoms with E-state index in [0.717, 1.165) is 28.5 Å². The highest BCUT2D eigenvalue weighted by Gasteiger charge is 2.12. The van der Waals surface area contributed by atoms with Crippen LogP contribution in [0.3, 0.4) is 0 Å². The molecule has 3 nitrogen and oxygen atoms in total. The SMILES string of the molecule is CCCSc1nc2ccccc2c(=O)n1-c1ccccc1. The molecule has 1 heterocycles. The van der Waals surface area contributed by atoms with Gasteiger partial charge in [-0.3, -0.25) is 9.36 Å². The van der Waals surface area contributed by atoms with Crippen molar-refractivity contribution in [2.24, 2.45) is 0 Å². The lowest BCUT2D eigenvalue weighted by molar-refractivity contribution is 0.818. The summed E-state index contributed by atoms with van der Waals surface area (Å²) in [5.41, 5.74) is 1.61. The zero-order valence-corrected chi connectivity index (χ0v) is 12.6. The first-order chi connectivity index (χ1) is 10.3.